The lowest BCUT2D eigenvalue weighted by Gasteiger charge is -2.55. The summed E-state index contributed by atoms with van der Waals surface area (Å²) in [6.07, 6.45) is 1.86. The molecule has 0 saturated carbocycles. The van der Waals surface area contributed by atoms with Crippen molar-refractivity contribution in [2.75, 3.05) is 0 Å². The monoisotopic (exact) mass is 328 g/mol. The van der Waals surface area contributed by atoms with Gasteiger partial charge in [-0.1, -0.05) is 62.3 Å². The molecule has 0 rings (SSSR count). The van der Waals surface area contributed by atoms with E-state index in [0.29, 0.717) is 0 Å². The molecule has 0 spiro atoms. The normalized spacial score (nSPS) is 14.0. The molecule has 0 atom stereocenters. The summed E-state index contributed by atoms with van der Waals surface area (Å²) in [6, 6.07) is 0. The zero-order valence-electron chi connectivity index (χ0n) is 15.5. The van der Waals surface area contributed by atoms with Gasteiger partial charge in [0.05, 0.1) is 0 Å². The highest BCUT2D eigenvalue weighted by Gasteiger charge is 2.60. The standard InChI is InChI=1S/C17H32O4Si/c1-12(2)22(13(3)4,17(8,9)16(5,6)7)21-15(20)11-10-14(18)19/h10-13H,1-9H3,(H,18,19)/b11-10-. The van der Waals surface area contributed by atoms with E-state index in [1.165, 1.54) is 0 Å². The SMILES string of the molecule is CC(C)[Si](OC(=O)/C=C\C(=O)O)(C(C)C)C(C)(C)C(C)(C)C. The second-order valence-electron chi connectivity index (χ2n) is 8.07. The number of carboxylic acid groups (broad SMARTS) is 1. The van der Waals surface area contributed by atoms with Gasteiger partial charge in [0, 0.05) is 12.2 Å². The first-order valence-corrected chi connectivity index (χ1v) is 9.90. The zero-order chi connectivity index (χ0) is 17.9. The highest BCUT2D eigenvalue weighted by atomic mass is 28.4. The van der Waals surface area contributed by atoms with Crippen molar-refractivity contribution in [3.63, 3.8) is 0 Å². The summed E-state index contributed by atoms with van der Waals surface area (Å²) >= 11 is 0. The van der Waals surface area contributed by atoms with Gasteiger partial charge in [-0.2, -0.15) is 0 Å². The van der Waals surface area contributed by atoms with Crippen molar-refractivity contribution in [3.05, 3.63) is 12.2 Å². The maximum absolute atomic E-state index is 12.2. The van der Waals surface area contributed by atoms with Gasteiger partial charge in [0.1, 0.15) is 0 Å². The molecule has 0 bridgehead atoms. The molecule has 0 aliphatic heterocycles. The van der Waals surface area contributed by atoms with E-state index in [9.17, 15) is 9.59 Å². The Morgan fingerprint density at radius 3 is 1.64 bits per heavy atom. The Labute approximate surface area is 136 Å². The van der Waals surface area contributed by atoms with Gasteiger partial charge in [-0.25, -0.2) is 9.59 Å². The molecule has 0 aliphatic carbocycles. The first kappa shape index (κ1) is 20.9. The van der Waals surface area contributed by atoms with Crippen molar-refractivity contribution >= 4 is 20.3 Å². The predicted molar refractivity (Wildman–Crippen MR) is 92.3 cm³/mol. The number of carbonyl (C=O) groups excluding carboxylic acids is 1. The Hall–Kier alpha value is -1.10. The third-order valence-electron chi connectivity index (χ3n) is 5.20. The maximum atomic E-state index is 12.2. The van der Waals surface area contributed by atoms with Crippen LogP contribution in [0.25, 0.3) is 0 Å². The van der Waals surface area contributed by atoms with Crippen molar-refractivity contribution in [1.82, 2.24) is 0 Å². The predicted octanol–water partition coefficient (Wildman–Crippen LogP) is 4.76. The Kier molecular flexibility index (Phi) is 6.63. The molecule has 0 aromatic carbocycles. The highest BCUT2D eigenvalue weighted by Crippen LogP contribution is 2.60. The van der Waals surface area contributed by atoms with Gasteiger partial charge in [0.25, 0.3) is 8.32 Å². The minimum atomic E-state index is -2.54. The van der Waals surface area contributed by atoms with Crippen LogP contribution in [0.1, 0.15) is 62.3 Å². The van der Waals surface area contributed by atoms with Gasteiger partial charge >= 0.3 is 11.9 Å². The van der Waals surface area contributed by atoms with E-state index in [4.69, 9.17) is 9.53 Å². The molecule has 0 heterocycles. The summed E-state index contributed by atoms with van der Waals surface area (Å²) in [6.45, 7) is 19.3. The van der Waals surface area contributed by atoms with Gasteiger partial charge in [0.2, 0.25) is 0 Å². The van der Waals surface area contributed by atoms with Crippen LogP contribution < -0.4 is 0 Å². The van der Waals surface area contributed by atoms with Crippen LogP contribution in [-0.4, -0.2) is 25.4 Å². The van der Waals surface area contributed by atoms with Gasteiger partial charge in [-0.05, 0) is 21.5 Å². The Morgan fingerprint density at radius 1 is 0.955 bits per heavy atom. The van der Waals surface area contributed by atoms with E-state index in [1.54, 1.807) is 0 Å². The van der Waals surface area contributed by atoms with Crippen LogP contribution in [0.15, 0.2) is 12.2 Å². The van der Waals surface area contributed by atoms with E-state index in [2.05, 4.69) is 62.3 Å². The molecule has 0 aliphatic rings. The third-order valence-corrected chi connectivity index (χ3v) is 11.9. The van der Waals surface area contributed by atoms with Gasteiger partial charge in [-0.3, -0.25) is 0 Å². The minimum absolute atomic E-state index is 0.0371. The van der Waals surface area contributed by atoms with E-state index >= 15 is 0 Å². The van der Waals surface area contributed by atoms with E-state index in [-0.39, 0.29) is 21.5 Å². The molecule has 22 heavy (non-hydrogen) atoms. The summed E-state index contributed by atoms with van der Waals surface area (Å²) in [5.74, 6) is -1.69. The van der Waals surface area contributed by atoms with Crippen LogP contribution in [0.3, 0.4) is 0 Å². The first-order chi connectivity index (χ1) is 9.70. The van der Waals surface area contributed by atoms with Crippen LogP contribution in [0, 0.1) is 5.41 Å². The van der Waals surface area contributed by atoms with Crippen LogP contribution in [0.2, 0.25) is 16.1 Å². The number of carbonyl (C=O) groups is 2. The molecule has 4 nitrogen and oxygen atoms in total. The van der Waals surface area contributed by atoms with Gasteiger partial charge in [0.15, 0.2) is 0 Å². The fraction of sp³-hybridized carbons (Fsp3) is 0.765. The maximum Gasteiger partial charge on any atom is 0.328 e. The number of carboxylic acids is 1. The Morgan fingerprint density at radius 2 is 1.36 bits per heavy atom. The number of hydrogen-bond acceptors (Lipinski definition) is 3. The molecule has 1 N–H and O–H groups in total. The topological polar surface area (TPSA) is 63.6 Å². The number of aliphatic carboxylic acids is 1. The number of hydrogen-bond donors (Lipinski definition) is 1. The van der Waals surface area contributed by atoms with E-state index in [1.807, 2.05) is 0 Å². The highest BCUT2D eigenvalue weighted by molar-refractivity contribution is 6.80. The fourth-order valence-corrected chi connectivity index (χ4v) is 9.92. The zero-order valence-corrected chi connectivity index (χ0v) is 16.5. The smallest absolute Gasteiger partial charge is 0.328 e. The summed E-state index contributed by atoms with van der Waals surface area (Å²) in [5, 5.41) is 8.51. The van der Waals surface area contributed by atoms with Gasteiger partial charge < -0.3 is 9.53 Å². The molecule has 0 fully saturated rings. The summed E-state index contributed by atoms with van der Waals surface area (Å²) in [7, 11) is -2.54. The average Bonchev–Trinajstić information content (AvgIpc) is 2.30. The lowest BCUT2D eigenvalue weighted by molar-refractivity contribution is -0.133. The minimum Gasteiger partial charge on any atom is -0.515 e. The second kappa shape index (κ2) is 6.98. The summed E-state index contributed by atoms with van der Waals surface area (Å²) in [4.78, 5) is 22.8. The third kappa shape index (κ3) is 4.00. The average molecular weight is 329 g/mol. The molecule has 0 unspecified atom stereocenters. The van der Waals surface area contributed by atoms with E-state index in [0.717, 1.165) is 12.2 Å². The molecular formula is C17H32O4Si. The van der Waals surface area contributed by atoms with Crippen LogP contribution >= 0.6 is 0 Å². The van der Waals surface area contributed by atoms with Crippen molar-refractivity contribution in [2.45, 2.75) is 78.4 Å². The van der Waals surface area contributed by atoms with Crippen molar-refractivity contribution < 1.29 is 19.1 Å². The molecular weight excluding hydrogens is 296 g/mol. The van der Waals surface area contributed by atoms with Crippen molar-refractivity contribution in [1.29, 1.82) is 0 Å². The largest absolute Gasteiger partial charge is 0.515 e. The Bertz CT molecular complexity index is 434. The van der Waals surface area contributed by atoms with E-state index < -0.39 is 20.3 Å². The van der Waals surface area contributed by atoms with Crippen LogP contribution in [0.5, 0.6) is 0 Å². The summed E-state index contributed by atoms with van der Waals surface area (Å²) in [5.41, 5.74) is 0.415. The molecule has 0 saturated heterocycles. The molecule has 0 aromatic heterocycles. The van der Waals surface area contributed by atoms with Crippen molar-refractivity contribution in [3.8, 4) is 0 Å². The molecule has 0 aromatic rings. The quantitative estimate of drug-likeness (QED) is 0.564. The molecule has 0 amide bonds. The molecule has 5 heteroatoms. The second-order valence-corrected chi connectivity index (χ2v) is 13.4. The molecule has 0 radical (unpaired) electrons. The molecule has 128 valence electrons. The fourth-order valence-electron chi connectivity index (χ4n) is 3.40. The number of rotatable bonds is 6. The first-order valence-electron chi connectivity index (χ1n) is 7.84. The van der Waals surface area contributed by atoms with Gasteiger partial charge in [-0.15, -0.1) is 0 Å². The van der Waals surface area contributed by atoms with Crippen LogP contribution in [0.4, 0.5) is 0 Å². The van der Waals surface area contributed by atoms with Crippen LogP contribution in [-0.2, 0) is 14.0 Å². The Balaban J connectivity index is 5.94. The lowest BCUT2D eigenvalue weighted by Crippen LogP contribution is -2.58. The lowest BCUT2D eigenvalue weighted by atomic mass is 9.82. The summed E-state index contributed by atoms with van der Waals surface area (Å²) < 4.78 is 6.05. The van der Waals surface area contributed by atoms with Crippen molar-refractivity contribution in [2.24, 2.45) is 5.41 Å².